The number of benzene rings is 2. The normalized spacial score (nSPS) is 21.5. The number of aliphatic hydroxyl groups is 1. The number of likely N-dealkylation sites (tertiary alicyclic amines) is 1. The fourth-order valence-electron chi connectivity index (χ4n) is 10.0. The zero-order valence-corrected chi connectivity index (χ0v) is 43.4. The summed E-state index contributed by atoms with van der Waals surface area (Å²) >= 11 is 1.41. The number of carbonyl (C=O) groups excluding carboxylic acids is 3. The minimum Gasteiger partial charge on any atom is -0.487 e. The van der Waals surface area contributed by atoms with Crippen molar-refractivity contribution in [3.63, 3.8) is 0 Å². The number of thiazole rings is 1. The summed E-state index contributed by atoms with van der Waals surface area (Å²) in [7, 11) is 0. The van der Waals surface area contributed by atoms with Crippen LogP contribution < -0.4 is 19.9 Å². The number of rotatable bonds is 18. The minimum absolute atomic E-state index is 0.0331. The standard InChI is InChI=1S/C53H68F3N7O9S/c1-33-26-62(28-45(65)63-32-53(5,6)48-43(63)24-35(41(29-64)58-48)23-34-7-9-36(54)10-8-34)37(25-39(33)50(67)72-52(2,3)4)27-61-16-20-70-30-44(61)49(66)57-13-17-68-21-22-71-47-38(11-12-40(55)46(47)56)42-31-73-51(59-42)60-14-18-69-19-15-60/h7-12,24,31,33,37,39,44,64H,13-23,25-30,32H2,1-6H3,(H,57,66)/t33-,37-,39?,44?/m1/s1. The van der Waals surface area contributed by atoms with Crippen LogP contribution in [0.5, 0.6) is 5.75 Å². The SMILES string of the molecule is C[C@@H]1CN(CC(=O)N2CC(C)(C)c3nc(CO)c(Cc4ccc(F)cc4)cc32)[C@@H](CN2CCOCC2C(=O)NCCOCCOc2c(-c3csc(N4CCOCC4)n3)ccc(F)c2F)CC1C(=O)OC(C)(C)C. The van der Waals surface area contributed by atoms with Crippen molar-refractivity contribution in [1.29, 1.82) is 0 Å². The van der Waals surface area contributed by atoms with Gasteiger partial charge in [-0.3, -0.25) is 29.2 Å². The van der Waals surface area contributed by atoms with Gasteiger partial charge in [0.15, 0.2) is 16.7 Å². The first-order valence-corrected chi connectivity index (χ1v) is 26.0. The van der Waals surface area contributed by atoms with Gasteiger partial charge in [0.2, 0.25) is 17.6 Å². The number of hydrogen-bond acceptors (Lipinski definition) is 15. The van der Waals surface area contributed by atoms with Crippen LogP contribution in [0.1, 0.15) is 70.5 Å². The highest BCUT2D eigenvalue weighted by Gasteiger charge is 2.45. The van der Waals surface area contributed by atoms with E-state index in [0.717, 1.165) is 22.3 Å². The molecule has 0 aliphatic carbocycles. The highest BCUT2D eigenvalue weighted by molar-refractivity contribution is 7.14. The van der Waals surface area contributed by atoms with E-state index in [0.29, 0.717) is 100 Å². The summed E-state index contributed by atoms with van der Waals surface area (Å²) in [5, 5.41) is 15.9. The summed E-state index contributed by atoms with van der Waals surface area (Å²) < 4.78 is 72.0. The molecule has 3 saturated heterocycles. The lowest BCUT2D eigenvalue weighted by molar-refractivity contribution is -0.165. The third-order valence-corrected chi connectivity index (χ3v) is 14.7. The predicted octanol–water partition coefficient (Wildman–Crippen LogP) is 5.75. The molecule has 2 unspecified atom stereocenters. The summed E-state index contributed by atoms with van der Waals surface area (Å²) in [6.45, 7) is 16.2. The van der Waals surface area contributed by atoms with Crippen molar-refractivity contribution in [3.05, 3.63) is 87.8 Å². The maximum atomic E-state index is 15.1. The number of aliphatic hydroxyl groups excluding tert-OH is 1. The van der Waals surface area contributed by atoms with Gasteiger partial charge in [-0.1, -0.05) is 32.9 Å². The molecule has 4 aliphatic heterocycles. The average Bonchev–Trinajstić information content (AvgIpc) is 3.95. The summed E-state index contributed by atoms with van der Waals surface area (Å²) in [6, 6.07) is 9.60. The Labute approximate surface area is 429 Å². The molecule has 4 aliphatic rings. The molecule has 6 heterocycles. The Morgan fingerprint density at radius 2 is 1.71 bits per heavy atom. The number of ether oxygens (including phenoxy) is 5. The van der Waals surface area contributed by atoms with E-state index in [1.54, 1.807) is 22.4 Å². The van der Waals surface area contributed by atoms with E-state index in [9.17, 15) is 28.3 Å². The van der Waals surface area contributed by atoms with Crippen molar-refractivity contribution in [2.24, 2.45) is 11.8 Å². The lowest BCUT2D eigenvalue weighted by Gasteiger charge is -2.46. The number of aromatic nitrogens is 2. The minimum atomic E-state index is -1.12. The van der Waals surface area contributed by atoms with Crippen molar-refractivity contribution < 1.29 is 56.3 Å². The molecular formula is C53H68F3N7O9S. The fourth-order valence-corrected chi connectivity index (χ4v) is 10.9. The number of morpholine rings is 2. The summed E-state index contributed by atoms with van der Waals surface area (Å²) in [5.41, 5.74) is 3.03. The van der Waals surface area contributed by atoms with Crippen LogP contribution in [-0.2, 0) is 51.8 Å². The number of fused-ring (bicyclic) bond motifs is 1. The van der Waals surface area contributed by atoms with Gasteiger partial charge in [-0.25, -0.2) is 13.8 Å². The second-order valence-electron chi connectivity index (χ2n) is 20.9. The zero-order valence-electron chi connectivity index (χ0n) is 42.6. The quantitative estimate of drug-likeness (QED) is 0.0914. The predicted molar refractivity (Wildman–Crippen MR) is 269 cm³/mol. The Kier molecular flexibility index (Phi) is 17.4. The summed E-state index contributed by atoms with van der Waals surface area (Å²) in [4.78, 5) is 59.9. The monoisotopic (exact) mass is 1040 g/mol. The van der Waals surface area contributed by atoms with E-state index in [1.807, 2.05) is 52.5 Å². The Hall–Kier alpha value is -5.22. The summed E-state index contributed by atoms with van der Waals surface area (Å²) in [6.07, 6.45) is 0.788. The second-order valence-corrected chi connectivity index (χ2v) is 21.8. The number of nitrogens with zero attached hydrogens (tertiary/aromatic N) is 6. The maximum absolute atomic E-state index is 15.1. The fraction of sp³-hybridized carbons (Fsp3) is 0.566. The number of hydrogen-bond donors (Lipinski definition) is 2. The highest BCUT2D eigenvalue weighted by atomic mass is 32.1. The number of carbonyl (C=O) groups is 3. The molecule has 2 aromatic heterocycles. The molecule has 2 amide bonds. The molecule has 0 saturated carbocycles. The van der Waals surface area contributed by atoms with E-state index in [1.165, 1.54) is 29.5 Å². The highest BCUT2D eigenvalue weighted by Crippen LogP contribution is 2.42. The number of nitrogens with one attached hydrogen (secondary N) is 1. The van der Waals surface area contributed by atoms with Gasteiger partial charge in [-0.05, 0) is 81.0 Å². The van der Waals surface area contributed by atoms with Crippen molar-refractivity contribution in [2.75, 3.05) is 108 Å². The lowest BCUT2D eigenvalue weighted by atomic mass is 9.82. The lowest BCUT2D eigenvalue weighted by Crippen LogP contribution is -2.60. The van der Waals surface area contributed by atoms with E-state index in [4.69, 9.17) is 28.7 Å². The number of esters is 1. The number of pyridine rings is 1. The van der Waals surface area contributed by atoms with Gasteiger partial charge in [-0.2, -0.15) is 4.39 Å². The van der Waals surface area contributed by atoms with E-state index in [2.05, 4.69) is 20.1 Å². The molecule has 73 heavy (non-hydrogen) atoms. The second kappa shape index (κ2) is 23.5. The molecule has 0 spiro atoms. The van der Waals surface area contributed by atoms with Crippen molar-refractivity contribution in [2.45, 2.75) is 84.1 Å². The van der Waals surface area contributed by atoms with E-state index < -0.39 is 34.6 Å². The molecule has 2 N–H and O–H groups in total. The van der Waals surface area contributed by atoms with Crippen LogP contribution in [0.15, 0.2) is 47.8 Å². The van der Waals surface area contributed by atoms with Gasteiger partial charge in [0.1, 0.15) is 24.1 Å². The molecule has 2 aromatic carbocycles. The van der Waals surface area contributed by atoms with E-state index >= 15 is 4.39 Å². The Bertz CT molecular complexity index is 2570. The van der Waals surface area contributed by atoms with Crippen LogP contribution in [0, 0.1) is 29.3 Å². The van der Waals surface area contributed by atoms with Gasteiger partial charge in [0, 0.05) is 68.2 Å². The maximum Gasteiger partial charge on any atom is 0.309 e. The molecule has 16 nitrogen and oxygen atoms in total. The Morgan fingerprint density at radius 3 is 2.45 bits per heavy atom. The van der Waals surface area contributed by atoms with Crippen LogP contribution in [0.3, 0.4) is 0 Å². The van der Waals surface area contributed by atoms with Crippen LogP contribution in [0.2, 0.25) is 0 Å². The third-order valence-electron chi connectivity index (χ3n) is 13.8. The average molecular weight is 1040 g/mol. The Morgan fingerprint density at radius 1 is 0.959 bits per heavy atom. The molecule has 0 bridgehead atoms. The topological polar surface area (TPSA) is 168 Å². The number of halogens is 3. The van der Waals surface area contributed by atoms with Crippen molar-refractivity contribution in [1.82, 2.24) is 25.1 Å². The molecule has 8 rings (SSSR count). The number of anilines is 2. The number of amides is 2. The largest absolute Gasteiger partial charge is 0.487 e. The molecule has 396 valence electrons. The van der Waals surface area contributed by atoms with Crippen LogP contribution in [0.4, 0.5) is 24.0 Å². The molecule has 4 aromatic rings. The number of piperidine rings is 1. The van der Waals surface area contributed by atoms with Gasteiger partial charge in [0.05, 0.1) is 81.5 Å². The van der Waals surface area contributed by atoms with Gasteiger partial charge in [0.25, 0.3) is 0 Å². The van der Waals surface area contributed by atoms with Gasteiger partial charge in [-0.15, -0.1) is 11.3 Å². The molecule has 3 fully saturated rings. The first kappa shape index (κ1) is 54.1. The molecule has 4 atom stereocenters. The van der Waals surface area contributed by atoms with Crippen LogP contribution >= 0.6 is 11.3 Å². The molecule has 0 radical (unpaired) electrons. The van der Waals surface area contributed by atoms with Gasteiger partial charge < -0.3 is 43.9 Å². The molecular weight excluding hydrogens is 968 g/mol. The van der Waals surface area contributed by atoms with Gasteiger partial charge >= 0.3 is 5.97 Å². The van der Waals surface area contributed by atoms with E-state index in [-0.39, 0.29) is 87.4 Å². The smallest absolute Gasteiger partial charge is 0.309 e. The molecule has 20 heteroatoms. The first-order valence-electron chi connectivity index (χ1n) is 25.1. The van der Waals surface area contributed by atoms with Crippen LogP contribution in [-0.4, -0.2) is 159 Å². The van der Waals surface area contributed by atoms with Crippen molar-refractivity contribution in [3.8, 4) is 17.0 Å². The van der Waals surface area contributed by atoms with Crippen LogP contribution in [0.25, 0.3) is 11.3 Å². The summed E-state index contributed by atoms with van der Waals surface area (Å²) in [5.74, 6) is -4.08. The Balaban J connectivity index is 0.900. The van der Waals surface area contributed by atoms with Crippen molar-refractivity contribution >= 4 is 39.9 Å². The first-order chi connectivity index (χ1) is 34.9. The third kappa shape index (κ3) is 13.2. The zero-order chi connectivity index (χ0) is 52.0.